The van der Waals surface area contributed by atoms with Crippen molar-refractivity contribution in [3.63, 3.8) is 0 Å². The zero-order valence-electron chi connectivity index (χ0n) is 13.7. The van der Waals surface area contributed by atoms with Gasteiger partial charge in [-0.2, -0.15) is 0 Å². The number of nitrogens with two attached hydrogens (primary N) is 1. The van der Waals surface area contributed by atoms with Crippen LogP contribution in [0.5, 0.6) is 0 Å². The maximum Gasteiger partial charge on any atom is 0.148 e. The average Bonchev–Trinajstić information content (AvgIpc) is 2.50. The highest BCUT2D eigenvalue weighted by atomic mass is 15.3. The molecule has 118 valence electrons. The number of nitrogens with one attached hydrogen (secondary N) is 1. The van der Waals surface area contributed by atoms with Gasteiger partial charge in [-0.15, -0.1) is 0 Å². The monoisotopic (exact) mass is 291 g/mol. The fourth-order valence-corrected chi connectivity index (χ4v) is 3.24. The van der Waals surface area contributed by atoms with Crippen LogP contribution in [0.15, 0.2) is 0 Å². The maximum atomic E-state index is 5.61. The molecule has 0 aliphatic heterocycles. The molecule has 0 bridgehead atoms. The average molecular weight is 291 g/mol. The summed E-state index contributed by atoms with van der Waals surface area (Å²) in [4.78, 5) is 11.5. The van der Waals surface area contributed by atoms with E-state index in [9.17, 15) is 0 Å². The summed E-state index contributed by atoms with van der Waals surface area (Å²) in [7, 11) is 2.14. The second kappa shape index (κ2) is 7.59. The predicted molar refractivity (Wildman–Crippen MR) is 88.4 cm³/mol. The van der Waals surface area contributed by atoms with Crippen LogP contribution in [-0.4, -0.2) is 23.6 Å². The molecule has 0 unspecified atom stereocenters. The third-order valence-corrected chi connectivity index (χ3v) is 4.40. The summed E-state index contributed by atoms with van der Waals surface area (Å²) in [6.07, 6.45) is 8.76. The van der Waals surface area contributed by atoms with Crippen molar-refractivity contribution < 1.29 is 0 Å². The lowest BCUT2D eigenvalue weighted by Gasteiger charge is -2.29. The van der Waals surface area contributed by atoms with E-state index in [2.05, 4.69) is 29.3 Å². The predicted octanol–water partition coefficient (Wildman–Crippen LogP) is 3.04. The molecule has 0 radical (unpaired) electrons. The minimum absolute atomic E-state index is 0.749. The molecular weight excluding hydrogens is 262 g/mol. The Morgan fingerprint density at radius 3 is 2.57 bits per heavy atom. The van der Waals surface area contributed by atoms with Crippen LogP contribution in [0, 0.1) is 12.8 Å². The van der Waals surface area contributed by atoms with Gasteiger partial charge in [-0.3, -0.25) is 0 Å². The standard InChI is InChI=1S/C16H29N5/c1-4-8-14-18-15(20-17)12(2)16(19-14)21(3)11-13-9-6-5-7-10-13/h13H,4-11,17H2,1-3H3,(H,18,19,20). The summed E-state index contributed by atoms with van der Waals surface area (Å²) in [6.45, 7) is 5.26. The lowest BCUT2D eigenvalue weighted by atomic mass is 9.89. The zero-order chi connectivity index (χ0) is 15.2. The molecule has 0 aromatic carbocycles. The Bertz CT molecular complexity index is 454. The number of hydrogen-bond donors (Lipinski definition) is 2. The highest BCUT2D eigenvalue weighted by Crippen LogP contribution is 2.28. The first-order valence-corrected chi connectivity index (χ1v) is 8.21. The quantitative estimate of drug-likeness (QED) is 0.623. The van der Waals surface area contributed by atoms with Gasteiger partial charge >= 0.3 is 0 Å². The van der Waals surface area contributed by atoms with Crippen molar-refractivity contribution in [2.45, 2.75) is 58.8 Å². The van der Waals surface area contributed by atoms with Crippen LogP contribution < -0.4 is 16.2 Å². The van der Waals surface area contributed by atoms with Crippen molar-refractivity contribution in [1.82, 2.24) is 9.97 Å². The van der Waals surface area contributed by atoms with E-state index < -0.39 is 0 Å². The fourth-order valence-electron chi connectivity index (χ4n) is 3.24. The number of nitrogen functional groups attached to an aromatic ring is 1. The Morgan fingerprint density at radius 2 is 1.95 bits per heavy atom. The van der Waals surface area contributed by atoms with Crippen molar-refractivity contribution in [2.75, 3.05) is 23.9 Å². The van der Waals surface area contributed by atoms with E-state index in [1.165, 1.54) is 32.1 Å². The van der Waals surface area contributed by atoms with Gasteiger partial charge in [0, 0.05) is 25.6 Å². The highest BCUT2D eigenvalue weighted by molar-refractivity contribution is 5.57. The highest BCUT2D eigenvalue weighted by Gasteiger charge is 2.19. The topological polar surface area (TPSA) is 67.1 Å². The number of rotatable bonds is 6. The minimum atomic E-state index is 0.749. The van der Waals surface area contributed by atoms with Crippen molar-refractivity contribution in [3.05, 3.63) is 11.4 Å². The molecule has 1 heterocycles. The van der Waals surface area contributed by atoms with Crippen molar-refractivity contribution in [2.24, 2.45) is 11.8 Å². The second-order valence-electron chi connectivity index (χ2n) is 6.22. The largest absolute Gasteiger partial charge is 0.359 e. The van der Waals surface area contributed by atoms with Gasteiger partial charge in [-0.25, -0.2) is 15.8 Å². The molecule has 0 amide bonds. The van der Waals surface area contributed by atoms with E-state index in [1.54, 1.807) is 0 Å². The normalized spacial score (nSPS) is 16.0. The number of anilines is 2. The zero-order valence-corrected chi connectivity index (χ0v) is 13.7. The molecule has 1 aromatic rings. The van der Waals surface area contributed by atoms with E-state index in [0.29, 0.717) is 0 Å². The Morgan fingerprint density at radius 1 is 1.24 bits per heavy atom. The fraction of sp³-hybridized carbons (Fsp3) is 0.750. The first kappa shape index (κ1) is 16.0. The summed E-state index contributed by atoms with van der Waals surface area (Å²) in [6, 6.07) is 0. The lowest BCUT2D eigenvalue weighted by Crippen LogP contribution is -2.29. The minimum Gasteiger partial charge on any atom is -0.359 e. The van der Waals surface area contributed by atoms with Gasteiger partial charge in [-0.1, -0.05) is 26.2 Å². The molecule has 1 aliphatic carbocycles. The SMILES string of the molecule is CCCc1nc(NN)c(C)c(N(C)CC2CCCCC2)n1. The third kappa shape index (κ3) is 4.06. The van der Waals surface area contributed by atoms with E-state index in [0.717, 1.165) is 48.3 Å². The smallest absolute Gasteiger partial charge is 0.148 e. The summed E-state index contributed by atoms with van der Waals surface area (Å²) >= 11 is 0. The molecule has 0 spiro atoms. The number of aryl methyl sites for hydroxylation is 1. The molecule has 5 nitrogen and oxygen atoms in total. The number of hydrazine groups is 1. The van der Waals surface area contributed by atoms with Crippen LogP contribution in [0.4, 0.5) is 11.6 Å². The van der Waals surface area contributed by atoms with Crippen LogP contribution >= 0.6 is 0 Å². The van der Waals surface area contributed by atoms with Crippen LogP contribution in [0.2, 0.25) is 0 Å². The molecule has 1 aliphatic rings. The van der Waals surface area contributed by atoms with Crippen LogP contribution in [0.25, 0.3) is 0 Å². The Kier molecular flexibility index (Phi) is 5.79. The number of hydrogen-bond acceptors (Lipinski definition) is 5. The summed E-state index contributed by atoms with van der Waals surface area (Å²) < 4.78 is 0. The summed E-state index contributed by atoms with van der Waals surface area (Å²) in [5, 5.41) is 0. The molecular formula is C16H29N5. The third-order valence-electron chi connectivity index (χ3n) is 4.40. The van der Waals surface area contributed by atoms with Gasteiger partial charge in [-0.05, 0) is 32.1 Å². The molecule has 1 saturated carbocycles. The molecule has 1 fully saturated rings. The van der Waals surface area contributed by atoms with E-state index in [4.69, 9.17) is 10.8 Å². The second-order valence-corrected chi connectivity index (χ2v) is 6.22. The first-order chi connectivity index (χ1) is 10.2. The number of nitrogens with zero attached hydrogens (tertiary/aromatic N) is 3. The summed E-state index contributed by atoms with van der Waals surface area (Å²) in [5.41, 5.74) is 3.75. The van der Waals surface area contributed by atoms with Crippen LogP contribution in [0.3, 0.4) is 0 Å². The molecule has 2 rings (SSSR count). The van der Waals surface area contributed by atoms with Gasteiger partial charge in [0.2, 0.25) is 0 Å². The van der Waals surface area contributed by atoms with Gasteiger partial charge in [0.05, 0.1) is 0 Å². The van der Waals surface area contributed by atoms with Crippen LogP contribution in [-0.2, 0) is 6.42 Å². The Hall–Kier alpha value is -1.36. The van der Waals surface area contributed by atoms with Crippen LogP contribution in [0.1, 0.15) is 56.8 Å². The molecule has 3 N–H and O–H groups in total. The van der Waals surface area contributed by atoms with Crippen molar-refractivity contribution >= 4 is 11.6 Å². The maximum absolute atomic E-state index is 5.61. The molecule has 5 heteroatoms. The first-order valence-electron chi connectivity index (χ1n) is 8.21. The van der Waals surface area contributed by atoms with Gasteiger partial charge in [0.25, 0.3) is 0 Å². The Balaban J connectivity index is 2.17. The molecule has 21 heavy (non-hydrogen) atoms. The van der Waals surface area contributed by atoms with E-state index >= 15 is 0 Å². The molecule has 0 saturated heterocycles. The van der Waals surface area contributed by atoms with Crippen molar-refractivity contribution in [3.8, 4) is 0 Å². The lowest BCUT2D eigenvalue weighted by molar-refractivity contribution is 0.361. The molecule has 1 aromatic heterocycles. The summed E-state index contributed by atoms with van der Waals surface area (Å²) in [5.74, 6) is 9.05. The molecule has 0 atom stereocenters. The van der Waals surface area contributed by atoms with Gasteiger partial charge in [0.15, 0.2) is 0 Å². The van der Waals surface area contributed by atoms with Gasteiger partial charge < -0.3 is 10.3 Å². The van der Waals surface area contributed by atoms with Crippen molar-refractivity contribution in [1.29, 1.82) is 0 Å². The van der Waals surface area contributed by atoms with E-state index in [-0.39, 0.29) is 0 Å². The number of aromatic nitrogens is 2. The Labute approximate surface area is 128 Å². The van der Waals surface area contributed by atoms with E-state index in [1.807, 2.05) is 6.92 Å². The van der Waals surface area contributed by atoms with Gasteiger partial charge in [0.1, 0.15) is 17.5 Å².